The lowest BCUT2D eigenvalue weighted by Gasteiger charge is -2.16. The number of rotatable bonds is 5. The second kappa shape index (κ2) is 8.88. The second-order valence-corrected chi connectivity index (χ2v) is 7.16. The van der Waals surface area contributed by atoms with Crippen LogP contribution in [0.4, 0.5) is 15.8 Å². The number of imide groups is 1. The fourth-order valence-corrected chi connectivity index (χ4v) is 3.77. The summed E-state index contributed by atoms with van der Waals surface area (Å²) in [6.07, 6.45) is 0.0700. The molecule has 2 aromatic rings. The zero-order valence-corrected chi connectivity index (χ0v) is 16.3. The fourth-order valence-electron chi connectivity index (χ4n) is 2.79. The zero-order valence-electron chi connectivity index (χ0n) is 15.5. The van der Waals surface area contributed by atoms with Crippen molar-refractivity contribution in [2.45, 2.75) is 18.6 Å². The van der Waals surface area contributed by atoms with Gasteiger partial charge in [-0.15, -0.1) is 0 Å². The second-order valence-electron chi connectivity index (χ2n) is 5.97. The van der Waals surface area contributed by atoms with Gasteiger partial charge in [0.15, 0.2) is 5.17 Å². The summed E-state index contributed by atoms with van der Waals surface area (Å²) in [4.78, 5) is 30.5. The summed E-state index contributed by atoms with van der Waals surface area (Å²) in [6, 6.07) is 12.8. The van der Waals surface area contributed by atoms with Gasteiger partial charge in [-0.25, -0.2) is 9.29 Å². The molecule has 0 unspecified atom stereocenters. The van der Waals surface area contributed by atoms with Crippen molar-refractivity contribution in [2.24, 2.45) is 4.99 Å². The lowest BCUT2D eigenvalue weighted by atomic mass is 10.3. The maximum atomic E-state index is 13.4. The molecule has 0 spiro atoms. The number of ether oxygens (including phenoxy) is 1. The third-order valence-corrected chi connectivity index (χ3v) is 5.20. The molecule has 1 fully saturated rings. The number of hydrogen-bond donors (Lipinski definition) is 1. The molecule has 1 aliphatic heterocycles. The van der Waals surface area contributed by atoms with Crippen LogP contribution in [0, 0.1) is 5.82 Å². The Labute approximate surface area is 166 Å². The van der Waals surface area contributed by atoms with Gasteiger partial charge in [0, 0.05) is 19.2 Å². The monoisotopic (exact) mass is 401 g/mol. The first kappa shape index (κ1) is 19.9. The molecule has 2 aromatic carbocycles. The van der Waals surface area contributed by atoms with Crippen LogP contribution < -0.4 is 15.0 Å². The number of amides is 2. The molecule has 2 amide bonds. The van der Waals surface area contributed by atoms with E-state index in [1.165, 1.54) is 17.0 Å². The predicted octanol–water partition coefficient (Wildman–Crippen LogP) is 3.69. The van der Waals surface area contributed by atoms with E-state index in [4.69, 9.17) is 4.74 Å². The maximum absolute atomic E-state index is 13.4. The molecule has 6 nitrogen and oxygen atoms in total. The summed E-state index contributed by atoms with van der Waals surface area (Å²) in [6.45, 7) is 2.42. The standard InChI is InChI=1S/C20H20FN3O3S/c1-3-27-16-9-7-15(8-10-16)24-18(25)12-17(19(24)26)28-20(22-2)23-14-6-4-5-13(21)11-14/h4-11,17H,3,12H2,1-2H3,(H,22,23)/t17-/m1/s1. The first-order chi connectivity index (χ1) is 13.5. The highest BCUT2D eigenvalue weighted by Gasteiger charge is 2.40. The molecule has 1 aliphatic rings. The number of hydrogen-bond acceptors (Lipinski definition) is 5. The number of halogens is 1. The minimum Gasteiger partial charge on any atom is -0.494 e. The average Bonchev–Trinajstić information content (AvgIpc) is 2.95. The molecule has 0 bridgehead atoms. The Bertz CT molecular complexity index is 902. The quantitative estimate of drug-likeness (QED) is 0.470. The zero-order chi connectivity index (χ0) is 20.1. The Morgan fingerprint density at radius 1 is 1.29 bits per heavy atom. The van der Waals surface area contributed by atoms with Crippen LogP contribution in [0.15, 0.2) is 53.5 Å². The van der Waals surface area contributed by atoms with Gasteiger partial charge < -0.3 is 10.1 Å². The number of carbonyl (C=O) groups excluding carboxylic acids is 2. The number of nitrogens with zero attached hydrogens (tertiary/aromatic N) is 2. The molecule has 1 atom stereocenters. The third-order valence-electron chi connectivity index (χ3n) is 4.04. The summed E-state index contributed by atoms with van der Waals surface area (Å²) in [5.41, 5.74) is 1.03. The molecular formula is C20H20FN3O3S. The summed E-state index contributed by atoms with van der Waals surface area (Å²) in [5.74, 6) is -0.274. The van der Waals surface area contributed by atoms with Crippen LogP contribution in [0.25, 0.3) is 0 Å². The first-order valence-electron chi connectivity index (χ1n) is 8.77. The van der Waals surface area contributed by atoms with E-state index >= 15 is 0 Å². The molecular weight excluding hydrogens is 381 g/mol. The average molecular weight is 401 g/mol. The number of anilines is 2. The first-order valence-corrected chi connectivity index (χ1v) is 9.65. The highest BCUT2D eigenvalue weighted by Crippen LogP contribution is 2.31. The van der Waals surface area contributed by atoms with Gasteiger partial charge in [-0.2, -0.15) is 0 Å². The third kappa shape index (κ3) is 4.51. The van der Waals surface area contributed by atoms with Crippen LogP contribution >= 0.6 is 11.8 Å². The van der Waals surface area contributed by atoms with Crippen LogP contribution in [0.5, 0.6) is 5.75 Å². The van der Waals surface area contributed by atoms with Gasteiger partial charge in [-0.05, 0) is 49.4 Å². The maximum Gasteiger partial charge on any atom is 0.247 e. The number of nitrogens with one attached hydrogen (secondary N) is 1. The van der Waals surface area contributed by atoms with Crippen molar-refractivity contribution in [3.63, 3.8) is 0 Å². The van der Waals surface area contributed by atoms with Crippen LogP contribution in [0.1, 0.15) is 13.3 Å². The SMILES string of the molecule is CCOc1ccc(N2C(=O)C[C@@H](SC(=NC)Nc3cccc(F)c3)C2=O)cc1. The summed E-state index contributed by atoms with van der Waals surface area (Å²) >= 11 is 1.15. The molecule has 0 aliphatic carbocycles. The van der Waals surface area contributed by atoms with Crippen molar-refractivity contribution in [1.29, 1.82) is 0 Å². The van der Waals surface area contributed by atoms with E-state index in [0.29, 0.717) is 28.9 Å². The lowest BCUT2D eigenvalue weighted by Crippen LogP contribution is -2.31. The molecule has 0 aromatic heterocycles. The van der Waals surface area contributed by atoms with Gasteiger partial charge in [0.1, 0.15) is 16.8 Å². The molecule has 1 heterocycles. The summed E-state index contributed by atoms with van der Waals surface area (Å²) in [5, 5.41) is 2.82. The summed E-state index contributed by atoms with van der Waals surface area (Å²) in [7, 11) is 1.57. The van der Waals surface area contributed by atoms with Crippen molar-refractivity contribution in [1.82, 2.24) is 0 Å². The van der Waals surface area contributed by atoms with Crippen molar-refractivity contribution in [3.05, 3.63) is 54.3 Å². The minimum absolute atomic E-state index is 0.0700. The van der Waals surface area contributed by atoms with Gasteiger partial charge in [0.05, 0.1) is 12.3 Å². The number of thioether (sulfide) groups is 1. The fraction of sp³-hybridized carbons (Fsp3) is 0.250. The molecule has 3 rings (SSSR count). The van der Waals surface area contributed by atoms with Gasteiger partial charge in [0.2, 0.25) is 11.8 Å². The van der Waals surface area contributed by atoms with E-state index in [1.54, 1.807) is 43.4 Å². The number of benzene rings is 2. The van der Waals surface area contributed by atoms with E-state index in [1.807, 2.05) is 6.92 Å². The molecule has 146 valence electrons. The smallest absolute Gasteiger partial charge is 0.247 e. The normalized spacial score (nSPS) is 17.2. The molecule has 1 saturated heterocycles. The van der Waals surface area contributed by atoms with Crippen molar-refractivity contribution >= 4 is 40.1 Å². The molecule has 28 heavy (non-hydrogen) atoms. The van der Waals surface area contributed by atoms with Gasteiger partial charge in [-0.3, -0.25) is 14.6 Å². The van der Waals surface area contributed by atoms with E-state index in [-0.39, 0.29) is 24.1 Å². The topological polar surface area (TPSA) is 71.0 Å². The van der Waals surface area contributed by atoms with Crippen LogP contribution in [0.3, 0.4) is 0 Å². The highest BCUT2D eigenvalue weighted by atomic mass is 32.2. The Morgan fingerprint density at radius 3 is 2.68 bits per heavy atom. The van der Waals surface area contributed by atoms with Gasteiger partial charge in [-0.1, -0.05) is 17.8 Å². The van der Waals surface area contributed by atoms with E-state index in [2.05, 4.69) is 10.3 Å². The van der Waals surface area contributed by atoms with Gasteiger partial charge >= 0.3 is 0 Å². The van der Waals surface area contributed by atoms with Crippen molar-refractivity contribution in [2.75, 3.05) is 23.9 Å². The van der Waals surface area contributed by atoms with E-state index in [0.717, 1.165) is 11.8 Å². The van der Waals surface area contributed by atoms with Crippen LogP contribution in [-0.4, -0.2) is 35.9 Å². The number of aliphatic imine (C=N–C) groups is 1. The Morgan fingerprint density at radius 2 is 2.04 bits per heavy atom. The summed E-state index contributed by atoms with van der Waals surface area (Å²) < 4.78 is 18.7. The van der Waals surface area contributed by atoms with E-state index in [9.17, 15) is 14.0 Å². The Hall–Kier alpha value is -2.87. The van der Waals surface area contributed by atoms with Crippen LogP contribution in [-0.2, 0) is 9.59 Å². The number of carbonyl (C=O) groups is 2. The van der Waals surface area contributed by atoms with Crippen LogP contribution in [0.2, 0.25) is 0 Å². The lowest BCUT2D eigenvalue weighted by molar-refractivity contribution is -0.121. The molecule has 1 N–H and O–H groups in total. The van der Waals surface area contributed by atoms with Gasteiger partial charge in [0.25, 0.3) is 0 Å². The minimum atomic E-state index is -0.598. The van der Waals surface area contributed by atoms with Crippen molar-refractivity contribution in [3.8, 4) is 5.75 Å². The molecule has 0 radical (unpaired) electrons. The highest BCUT2D eigenvalue weighted by molar-refractivity contribution is 8.15. The Balaban J connectivity index is 1.70. The predicted molar refractivity (Wildman–Crippen MR) is 109 cm³/mol. The molecule has 8 heteroatoms. The Kier molecular flexibility index (Phi) is 6.30. The number of amidine groups is 1. The molecule has 0 saturated carbocycles. The largest absolute Gasteiger partial charge is 0.494 e. The van der Waals surface area contributed by atoms with Crippen molar-refractivity contribution < 1.29 is 18.7 Å². The van der Waals surface area contributed by atoms with E-state index < -0.39 is 5.25 Å².